The first-order valence-corrected chi connectivity index (χ1v) is 10.5. The normalized spacial score (nSPS) is 10.8. The third kappa shape index (κ3) is 72.1. The molecule has 0 aliphatic rings. The first kappa shape index (κ1) is 42.6. The van der Waals surface area contributed by atoms with Gasteiger partial charge in [0, 0.05) is 5.41 Å². The molecule has 0 fully saturated rings. The summed E-state index contributed by atoms with van der Waals surface area (Å²) in [6, 6.07) is 0. The average Bonchev–Trinajstić information content (AvgIpc) is 2.83. The SMILES string of the molecule is CC(C)(CO)CO.CC(O)CO.OCCO.OCCOCCO.OCCOCCOCCO. The van der Waals surface area contributed by atoms with Gasteiger partial charge in [0.2, 0.25) is 0 Å². The Labute approximate surface area is 197 Å². The minimum atomic E-state index is -0.560. The second kappa shape index (κ2) is 41.7. The van der Waals surface area contributed by atoms with Crippen molar-refractivity contribution in [2.75, 3.05) is 99.1 Å². The van der Waals surface area contributed by atoms with Gasteiger partial charge in [0.25, 0.3) is 0 Å². The zero-order valence-electron chi connectivity index (χ0n) is 20.4. The second-order valence-corrected chi connectivity index (χ2v) is 6.69. The van der Waals surface area contributed by atoms with Crippen LogP contribution in [0, 0.1) is 5.41 Å². The largest absolute Gasteiger partial charge is 0.396 e. The van der Waals surface area contributed by atoms with Crippen molar-refractivity contribution >= 4 is 0 Å². The van der Waals surface area contributed by atoms with Crippen LogP contribution in [-0.4, -0.2) is 156 Å². The predicted octanol–water partition coefficient (Wildman–Crippen LogP) is -3.68. The monoisotopic (exact) mass is 498 g/mol. The zero-order chi connectivity index (χ0) is 26.8. The van der Waals surface area contributed by atoms with Gasteiger partial charge in [0.15, 0.2) is 0 Å². The molecule has 0 radical (unpaired) electrons. The lowest BCUT2D eigenvalue weighted by molar-refractivity contribution is 0.0222. The fourth-order valence-electron chi connectivity index (χ4n) is 0.732. The molecule has 0 aliphatic carbocycles. The third-order valence-electron chi connectivity index (χ3n) is 2.53. The molecule has 1 atom stereocenters. The number of ether oxygens (including phenoxy) is 3. The van der Waals surface area contributed by atoms with Crippen LogP contribution in [-0.2, 0) is 14.2 Å². The van der Waals surface area contributed by atoms with Crippen LogP contribution < -0.4 is 0 Å². The number of aliphatic hydroxyl groups excluding tert-OH is 10. The molecule has 1 unspecified atom stereocenters. The van der Waals surface area contributed by atoms with E-state index < -0.39 is 6.10 Å². The van der Waals surface area contributed by atoms with E-state index in [0.29, 0.717) is 39.6 Å². The van der Waals surface area contributed by atoms with Gasteiger partial charge in [-0.3, -0.25) is 0 Å². The highest BCUT2D eigenvalue weighted by molar-refractivity contribution is 4.62. The van der Waals surface area contributed by atoms with Crippen molar-refractivity contribution in [3.63, 3.8) is 0 Å². The summed E-state index contributed by atoms with van der Waals surface area (Å²) in [6.45, 7) is 7.25. The van der Waals surface area contributed by atoms with E-state index in [9.17, 15) is 0 Å². The second-order valence-electron chi connectivity index (χ2n) is 6.69. The lowest BCUT2D eigenvalue weighted by atomic mass is 9.97. The molecular formula is C20H50O13. The van der Waals surface area contributed by atoms with Gasteiger partial charge in [-0.1, -0.05) is 13.8 Å². The maximum absolute atomic E-state index is 8.43. The highest BCUT2D eigenvalue weighted by Gasteiger charge is 2.13. The van der Waals surface area contributed by atoms with Crippen molar-refractivity contribution in [2.24, 2.45) is 5.41 Å². The van der Waals surface area contributed by atoms with E-state index in [1.807, 2.05) is 0 Å². The predicted molar refractivity (Wildman–Crippen MR) is 122 cm³/mol. The molecule has 0 amide bonds. The van der Waals surface area contributed by atoms with E-state index >= 15 is 0 Å². The summed E-state index contributed by atoms with van der Waals surface area (Å²) >= 11 is 0. The molecule has 0 aromatic carbocycles. The van der Waals surface area contributed by atoms with E-state index in [1.54, 1.807) is 13.8 Å². The van der Waals surface area contributed by atoms with Gasteiger partial charge in [0.1, 0.15) is 0 Å². The molecule has 13 heteroatoms. The highest BCUT2D eigenvalue weighted by atomic mass is 16.5. The Kier molecular flexibility index (Phi) is 53.9. The van der Waals surface area contributed by atoms with Gasteiger partial charge in [-0.05, 0) is 6.92 Å². The highest BCUT2D eigenvalue weighted by Crippen LogP contribution is 2.10. The molecule has 0 heterocycles. The number of aliphatic hydroxyl groups is 10. The van der Waals surface area contributed by atoms with Gasteiger partial charge in [-0.2, -0.15) is 0 Å². The van der Waals surface area contributed by atoms with E-state index in [0.717, 1.165) is 0 Å². The standard InChI is InChI=1S/C6H14O4.C5H12O2.C4H10O3.C3H8O2.C2H6O2/c7-1-3-9-5-6-10-4-2-8;1-5(2,3-6)4-7;5-1-3-7-4-2-6;1-3(5)2-4;3-1-2-4/h7-8H,1-6H2;6-7H,3-4H2,1-2H3;5-6H,1-4H2;3-5H,2H2,1H3;3-4H,1-2H2. The summed E-state index contributed by atoms with van der Waals surface area (Å²) in [7, 11) is 0. The van der Waals surface area contributed by atoms with Gasteiger partial charge in [-0.25, -0.2) is 0 Å². The van der Waals surface area contributed by atoms with Crippen LogP contribution in [0.15, 0.2) is 0 Å². The van der Waals surface area contributed by atoms with E-state index in [1.165, 1.54) is 6.92 Å². The van der Waals surface area contributed by atoms with E-state index in [-0.39, 0.29) is 64.9 Å². The smallest absolute Gasteiger partial charge is 0.0742 e. The molecule has 208 valence electrons. The first-order chi connectivity index (χ1) is 15.6. The van der Waals surface area contributed by atoms with Crippen LogP contribution in [0.3, 0.4) is 0 Å². The number of hydrogen-bond donors (Lipinski definition) is 10. The van der Waals surface area contributed by atoms with E-state index in [2.05, 4.69) is 4.74 Å². The summed E-state index contributed by atoms with van der Waals surface area (Å²) in [5.74, 6) is 0. The van der Waals surface area contributed by atoms with Gasteiger partial charge in [0.05, 0.1) is 105 Å². The average molecular weight is 499 g/mol. The molecule has 0 aromatic rings. The fraction of sp³-hybridized carbons (Fsp3) is 1.00. The van der Waals surface area contributed by atoms with Crippen LogP contribution in [0.1, 0.15) is 20.8 Å². The summed E-state index contributed by atoms with van der Waals surface area (Å²) in [5.41, 5.74) is -0.306. The summed E-state index contributed by atoms with van der Waals surface area (Å²) < 4.78 is 14.4. The Morgan fingerprint density at radius 3 is 0.879 bits per heavy atom. The molecule has 13 nitrogen and oxygen atoms in total. The minimum Gasteiger partial charge on any atom is -0.396 e. The molecule has 0 aromatic heterocycles. The Balaban J connectivity index is -0.000000103. The van der Waals surface area contributed by atoms with Crippen molar-refractivity contribution in [3.8, 4) is 0 Å². The molecular weight excluding hydrogens is 448 g/mol. The van der Waals surface area contributed by atoms with Gasteiger partial charge < -0.3 is 65.3 Å². The van der Waals surface area contributed by atoms with E-state index in [4.69, 9.17) is 60.5 Å². The summed E-state index contributed by atoms with van der Waals surface area (Å²) in [5, 5.41) is 80.8. The first-order valence-electron chi connectivity index (χ1n) is 10.5. The number of hydrogen-bond acceptors (Lipinski definition) is 13. The van der Waals surface area contributed by atoms with Crippen molar-refractivity contribution < 1.29 is 65.3 Å². The summed E-state index contributed by atoms with van der Waals surface area (Å²) in [6.07, 6.45) is -0.560. The fourth-order valence-corrected chi connectivity index (χ4v) is 0.732. The lowest BCUT2D eigenvalue weighted by Crippen LogP contribution is -2.20. The van der Waals surface area contributed by atoms with Crippen molar-refractivity contribution in [1.29, 1.82) is 0 Å². The topological polar surface area (TPSA) is 230 Å². The Morgan fingerprint density at radius 1 is 0.515 bits per heavy atom. The third-order valence-corrected chi connectivity index (χ3v) is 2.53. The van der Waals surface area contributed by atoms with Crippen LogP contribution in [0.25, 0.3) is 0 Å². The Hall–Kier alpha value is -0.520. The molecule has 0 saturated carbocycles. The molecule has 0 bridgehead atoms. The maximum atomic E-state index is 8.43. The van der Waals surface area contributed by atoms with Crippen LogP contribution in [0.5, 0.6) is 0 Å². The van der Waals surface area contributed by atoms with Crippen molar-refractivity contribution in [1.82, 2.24) is 0 Å². The minimum absolute atomic E-state index is 0.0278. The van der Waals surface area contributed by atoms with Crippen LogP contribution in [0.2, 0.25) is 0 Å². The van der Waals surface area contributed by atoms with Gasteiger partial charge in [-0.15, -0.1) is 0 Å². The summed E-state index contributed by atoms with van der Waals surface area (Å²) in [4.78, 5) is 0. The molecule has 0 aliphatic heterocycles. The molecule has 10 N–H and O–H groups in total. The Bertz CT molecular complexity index is 263. The number of rotatable bonds is 15. The Morgan fingerprint density at radius 2 is 0.758 bits per heavy atom. The molecule has 33 heavy (non-hydrogen) atoms. The zero-order valence-corrected chi connectivity index (χ0v) is 20.4. The lowest BCUT2D eigenvalue weighted by Gasteiger charge is -2.16. The molecule has 0 saturated heterocycles. The van der Waals surface area contributed by atoms with Crippen molar-refractivity contribution in [3.05, 3.63) is 0 Å². The van der Waals surface area contributed by atoms with Crippen molar-refractivity contribution in [2.45, 2.75) is 26.9 Å². The van der Waals surface area contributed by atoms with Crippen LogP contribution in [0.4, 0.5) is 0 Å². The van der Waals surface area contributed by atoms with Crippen LogP contribution >= 0.6 is 0 Å². The molecule has 0 spiro atoms. The quantitative estimate of drug-likeness (QED) is 0.0982. The molecule has 0 rings (SSSR count). The van der Waals surface area contributed by atoms with Gasteiger partial charge >= 0.3 is 0 Å². The maximum Gasteiger partial charge on any atom is 0.0742 e.